The Bertz CT molecular complexity index is 1580. The molecule has 9 heteroatoms. The van der Waals surface area contributed by atoms with Gasteiger partial charge in [0.05, 0.1) is 34.8 Å². The van der Waals surface area contributed by atoms with E-state index in [9.17, 15) is 0 Å². The standard InChI is InChI=1S/C24H21FN8/c1-5-7-13(3)15(6-2)20-19(25)18-16(10-27-20)31-32-22(18)24-29-21-17(8-9-26-23(21)30-24)33-11-14(4)28-12-33/h5-12H,1H2,2-4H3,(H,31,32)(H,26,29,30)/b13-7-,15-6+. The van der Waals surface area contributed by atoms with E-state index in [0.717, 1.165) is 17.0 Å². The highest BCUT2D eigenvalue weighted by molar-refractivity contribution is 5.96. The van der Waals surface area contributed by atoms with E-state index in [-0.39, 0.29) is 5.69 Å². The number of rotatable bonds is 5. The van der Waals surface area contributed by atoms with E-state index in [1.807, 2.05) is 49.8 Å². The number of fused-ring (bicyclic) bond motifs is 2. The normalized spacial score (nSPS) is 12.7. The molecule has 0 aliphatic carbocycles. The topological polar surface area (TPSA) is 101 Å². The van der Waals surface area contributed by atoms with Crippen molar-refractivity contribution < 1.29 is 4.39 Å². The molecule has 0 atom stereocenters. The largest absolute Gasteiger partial charge is 0.333 e. The van der Waals surface area contributed by atoms with Gasteiger partial charge in [-0.1, -0.05) is 24.8 Å². The van der Waals surface area contributed by atoms with E-state index >= 15 is 4.39 Å². The lowest BCUT2D eigenvalue weighted by atomic mass is 10.0. The first-order chi connectivity index (χ1) is 16.0. The molecule has 0 amide bonds. The number of nitrogens with one attached hydrogen (secondary N) is 2. The zero-order chi connectivity index (χ0) is 23.1. The van der Waals surface area contributed by atoms with Gasteiger partial charge < -0.3 is 9.55 Å². The molecule has 8 nitrogen and oxygen atoms in total. The van der Waals surface area contributed by atoms with Gasteiger partial charge in [-0.25, -0.2) is 19.3 Å². The molecule has 33 heavy (non-hydrogen) atoms. The summed E-state index contributed by atoms with van der Waals surface area (Å²) in [6.07, 6.45) is 12.2. The highest BCUT2D eigenvalue weighted by atomic mass is 19.1. The summed E-state index contributed by atoms with van der Waals surface area (Å²) in [5.41, 5.74) is 5.55. The fourth-order valence-corrected chi connectivity index (χ4v) is 3.93. The average molecular weight is 440 g/mol. The molecule has 5 heterocycles. The average Bonchev–Trinajstić information content (AvgIpc) is 3.53. The quantitative estimate of drug-likeness (QED) is 0.372. The van der Waals surface area contributed by atoms with Crippen molar-refractivity contribution in [2.24, 2.45) is 0 Å². The Morgan fingerprint density at radius 3 is 2.82 bits per heavy atom. The van der Waals surface area contributed by atoms with Crippen LogP contribution in [0, 0.1) is 12.7 Å². The summed E-state index contributed by atoms with van der Waals surface area (Å²) in [6, 6.07) is 1.86. The second-order valence-corrected chi connectivity index (χ2v) is 7.61. The molecule has 2 N–H and O–H groups in total. The number of hydrogen-bond donors (Lipinski definition) is 2. The Kier molecular flexibility index (Phi) is 4.93. The smallest absolute Gasteiger partial charge is 0.180 e. The van der Waals surface area contributed by atoms with Crippen molar-refractivity contribution in [1.82, 2.24) is 39.7 Å². The van der Waals surface area contributed by atoms with Crippen molar-refractivity contribution in [2.45, 2.75) is 20.8 Å². The molecule has 0 bridgehead atoms. The Morgan fingerprint density at radius 1 is 1.24 bits per heavy atom. The predicted octanol–water partition coefficient (Wildman–Crippen LogP) is 5.07. The van der Waals surface area contributed by atoms with Crippen LogP contribution >= 0.6 is 0 Å². The van der Waals surface area contributed by atoms with Crippen LogP contribution in [0.3, 0.4) is 0 Å². The maximum atomic E-state index is 15.8. The number of H-pyrrole nitrogens is 2. The van der Waals surface area contributed by atoms with Gasteiger partial charge in [0.15, 0.2) is 17.3 Å². The van der Waals surface area contributed by atoms with Crippen molar-refractivity contribution in [3.05, 3.63) is 78.6 Å². The molecule has 0 saturated heterocycles. The second kappa shape index (κ2) is 7.94. The van der Waals surface area contributed by atoms with Crippen LogP contribution in [0.4, 0.5) is 4.39 Å². The van der Waals surface area contributed by atoms with Crippen molar-refractivity contribution in [2.75, 3.05) is 0 Å². The van der Waals surface area contributed by atoms with Crippen LogP contribution in [0.15, 0.2) is 61.4 Å². The molecular weight excluding hydrogens is 419 g/mol. The summed E-state index contributed by atoms with van der Waals surface area (Å²) in [4.78, 5) is 20.9. The first kappa shape index (κ1) is 20.5. The van der Waals surface area contributed by atoms with Gasteiger partial charge in [0, 0.05) is 18.0 Å². The van der Waals surface area contributed by atoms with E-state index in [1.54, 1.807) is 24.8 Å². The number of halogens is 1. The van der Waals surface area contributed by atoms with E-state index in [2.05, 4.69) is 41.7 Å². The monoisotopic (exact) mass is 440 g/mol. The second-order valence-electron chi connectivity index (χ2n) is 7.61. The third-order valence-electron chi connectivity index (χ3n) is 5.47. The maximum absolute atomic E-state index is 15.8. The summed E-state index contributed by atoms with van der Waals surface area (Å²) in [5, 5.41) is 7.51. The lowest BCUT2D eigenvalue weighted by Gasteiger charge is -2.09. The Labute approximate surface area is 188 Å². The Balaban J connectivity index is 1.70. The molecular formula is C24H21FN8. The Morgan fingerprint density at radius 2 is 2.09 bits per heavy atom. The van der Waals surface area contributed by atoms with Gasteiger partial charge in [0.1, 0.15) is 16.9 Å². The molecule has 0 aliphatic rings. The minimum Gasteiger partial charge on any atom is -0.333 e. The third-order valence-corrected chi connectivity index (χ3v) is 5.47. The first-order valence-electron chi connectivity index (χ1n) is 10.4. The number of hydrogen-bond acceptors (Lipinski definition) is 5. The molecule has 0 saturated carbocycles. The predicted molar refractivity (Wildman–Crippen MR) is 126 cm³/mol. The van der Waals surface area contributed by atoms with Crippen LogP contribution in [0.1, 0.15) is 25.2 Å². The van der Waals surface area contributed by atoms with Crippen molar-refractivity contribution in [1.29, 1.82) is 0 Å². The summed E-state index contributed by atoms with van der Waals surface area (Å²) in [6.45, 7) is 9.38. The van der Waals surface area contributed by atoms with Gasteiger partial charge in [-0.2, -0.15) is 5.10 Å². The van der Waals surface area contributed by atoms with E-state index in [4.69, 9.17) is 0 Å². The van der Waals surface area contributed by atoms with E-state index < -0.39 is 5.82 Å². The van der Waals surface area contributed by atoms with Crippen LogP contribution in [-0.4, -0.2) is 39.7 Å². The van der Waals surface area contributed by atoms with Gasteiger partial charge in [-0.3, -0.25) is 10.1 Å². The molecule has 5 aromatic heterocycles. The SMILES string of the molecule is C=C/C=C(C)\C(=C/C)c1ncc2[nH]nc(-c3nc4nccc(-n5cnc(C)c5)c4[nH]3)c2c1F. The molecule has 0 unspecified atom stereocenters. The molecule has 0 aromatic carbocycles. The summed E-state index contributed by atoms with van der Waals surface area (Å²) in [5.74, 6) is -0.0653. The minimum absolute atomic E-state index is 0.243. The fourth-order valence-electron chi connectivity index (χ4n) is 3.93. The summed E-state index contributed by atoms with van der Waals surface area (Å²) < 4.78 is 17.7. The number of nitrogens with zero attached hydrogens (tertiary/aromatic N) is 6. The zero-order valence-corrected chi connectivity index (χ0v) is 18.4. The lowest BCUT2D eigenvalue weighted by molar-refractivity contribution is 0.629. The minimum atomic E-state index is -0.472. The van der Waals surface area contributed by atoms with Crippen LogP contribution in [-0.2, 0) is 0 Å². The van der Waals surface area contributed by atoms with Gasteiger partial charge in [-0.15, -0.1) is 0 Å². The fraction of sp³-hybridized carbons (Fsp3) is 0.125. The molecule has 5 rings (SSSR count). The maximum Gasteiger partial charge on any atom is 0.180 e. The molecule has 0 fully saturated rings. The Hall–Kier alpha value is -4.40. The van der Waals surface area contributed by atoms with Crippen LogP contribution in [0.5, 0.6) is 0 Å². The number of pyridine rings is 2. The van der Waals surface area contributed by atoms with E-state index in [1.165, 1.54) is 0 Å². The number of aromatic nitrogens is 8. The van der Waals surface area contributed by atoms with Crippen LogP contribution in [0.25, 0.3) is 44.8 Å². The number of aryl methyl sites for hydroxylation is 1. The van der Waals surface area contributed by atoms with Gasteiger partial charge in [0.25, 0.3) is 0 Å². The van der Waals surface area contributed by atoms with Gasteiger partial charge in [0.2, 0.25) is 0 Å². The van der Waals surface area contributed by atoms with Gasteiger partial charge in [-0.05, 0) is 32.4 Å². The molecule has 0 spiro atoms. The highest BCUT2D eigenvalue weighted by Crippen LogP contribution is 2.33. The molecule has 0 radical (unpaired) electrons. The van der Waals surface area contributed by atoms with Crippen molar-refractivity contribution in [3.8, 4) is 17.2 Å². The third kappa shape index (κ3) is 3.34. The lowest BCUT2D eigenvalue weighted by Crippen LogP contribution is -1.97. The van der Waals surface area contributed by atoms with Crippen molar-refractivity contribution >= 4 is 27.6 Å². The van der Waals surface area contributed by atoms with Crippen LogP contribution in [0.2, 0.25) is 0 Å². The zero-order valence-electron chi connectivity index (χ0n) is 18.4. The molecule has 5 aromatic rings. The summed E-state index contributed by atoms with van der Waals surface area (Å²) in [7, 11) is 0. The number of allylic oxidation sites excluding steroid dienone is 5. The number of imidazole rings is 2. The van der Waals surface area contributed by atoms with Gasteiger partial charge >= 0.3 is 0 Å². The van der Waals surface area contributed by atoms with Crippen LogP contribution < -0.4 is 0 Å². The van der Waals surface area contributed by atoms with Crippen molar-refractivity contribution in [3.63, 3.8) is 0 Å². The van der Waals surface area contributed by atoms with E-state index in [0.29, 0.717) is 39.2 Å². The first-order valence-corrected chi connectivity index (χ1v) is 10.4. The molecule has 164 valence electrons. The highest BCUT2D eigenvalue weighted by Gasteiger charge is 2.22. The number of aromatic amines is 2. The molecule has 0 aliphatic heterocycles. The summed E-state index contributed by atoms with van der Waals surface area (Å²) >= 11 is 0.